The molecule has 4 heteroatoms. The van der Waals surface area contributed by atoms with Crippen molar-refractivity contribution in [3.8, 4) is 0 Å². The summed E-state index contributed by atoms with van der Waals surface area (Å²) in [5.41, 5.74) is -1.57. The monoisotopic (exact) mass is 247 g/mol. The van der Waals surface area contributed by atoms with Crippen LogP contribution in [0.15, 0.2) is 43.0 Å². The molecule has 1 aliphatic rings. The summed E-state index contributed by atoms with van der Waals surface area (Å²) in [6.45, 7) is 3.56. The molecule has 0 radical (unpaired) electrons. The van der Waals surface area contributed by atoms with E-state index < -0.39 is 17.5 Å². The fourth-order valence-corrected chi connectivity index (χ4v) is 2.09. The number of benzene rings is 1. The van der Waals surface area contributed by atoms with Crippen molar-refractivity contribution in [2.75, 3.05) is 6.54 Å². The molecule has 2 rings (SSSR count). The van der Waals surface area contributed by atoms with Crippen molar-refractivity contribution in [3.63, 3.8) is 0 Å². The average Bonchev–Trinajstić information content (AvgIpc) is 2.67. The molecule has 1 fully saturated rings. The maximum absolute atomic E-state index is 14.2. The first kappa shape index (κ1) is 12.5. The summed E-state index contributed by atoms with van der Waals surface area (Å²) in [5.74, 6) is -1.19. The molecule has 0 saturated carbocycles. The second kappa shape index (κ2) is 4.72. The number of alkyl halides is 1. The quantitative estimate of drug-likeness (QED) is 0.607. The number of imide groups is 1. The normalized spacial score (nSPS) is 23.2. The molecule has 0 unspecified atom stereocenters. The van der Waals surface area contributed by atoms with Gasteiger partial charge in [0.15, 0.2) is 5.67 Å². The van der Waals surface area contributed by atoms with Crippen molar-refractivity contribution < 1.29 is 14.0 Å². The summed E-state index contributed by atoms with van der Waals surface area (Å²) in [5, 5.41) is 0. The van der Waals surface area contributed by atoms with Crippen LogP contribution in [0.4, 0.5) is 4.39 Å². The van der Waals surface area contributed by atoms with Crippen LogP contribution in [0.3, 0.4) is 0 Å². The third-order valence-electron chi connectivity index (χ3n) is 3.09. The van der Waals surface area contributed by atoms with Gasteiger partial charge in [-0.1, -0.05) is 24.3 Å². The summed E-state index contributed by atoms with van der Waals surface area (Å²) in [6, 6.07) is 8.42. The molecule has 1 atom stereocenters. The Bertz CT molecular complexity index is 486. The zero-order chi connectivity index (χ0) is 13.2. The minimum absolute atomic E-state index is 0.0381. The number of nitrogens with zero attached hydrogens (tertiary/aromatic N) is 1. The highest BCUT2D eigenvalue weighted by atomic mass is 19.1. The van der Waals surface area contributed by atoms with Crippen molar-refractivity contribution in [3.05, 3.63) is 48.6 Å². The highest BCUT2D eigenvalue weighted by molar-refractivity contribution is 6.08. The number of carbonyl (C=O) groups excluding carboxylic acids is 2. The number of allylic oxidation sites excluding steroid dienone is 1. The first-order valence-corrected chi connectivity index (χ1v) is 5.79. The number of carbonyl (C=O) groups is 2. The minimum Gasteiger partial charge on any atom is -0.276 e. The van der Waals surface area contributed by atoms with Crippen LogP contribution in [0.2, 0.25) is 0 Å². The Hall–Kier alpha value is -1.97. The van der Waals surface area contributed by atoms with Gasteiger partial charge in [-0.05, 0) is 12.1 Å². The van der Waals surface area contributed by atoms with E-state index in [1.807, 2.05) is 0 Å². The molecule has 1 saturated heterocycles. The predicted molar refractivity (Wildman–Crippen MR) is 65.8 cm³/mol. The number of hydrogen-bond acceptors (Lipinski definition) is 2. The third-order valence-corrected chi connectivity index (χ3v) is 3.09. The van der Waals surface area contributed by atoms with Crippen molar-refractivity contribution in [2.24, 2.45) is 0 Å². The average molecular weight is 247 g/mol. The van der Waals surface area contributed by atoms with Crippen LogP contribution in [0.1, 0.15) is 23.2 Å². The van der Waals surface area contributed by atoms with Crippen LogP contribution in [0.25, 0.3) is 0 Å². The molecule has 0 aliphatic carbocycles. The minimum atomic E-state index is -1.97. The first-order chi connectivity index (χ1) is 8.58. The number of amides is 2. The number of halogens is 1. The highest BCUT2D eigenvalue weighted by Gasteiger charge is 2.48. The molecule has 0 spiro atoms. The first-order valence-electron chi connectivity index (χ1n) is 5.79. The van der Waals surface area contributed by atoms with Gasteiger partial charge in [0, 0.05) is 24.9 Å². The molecule has 1 heterocycles. The Morgan fingerprint density at radius 2 is 2.11 bits per heavy atom. The van der Waals surface area contributed by atoms with E-state index in [9.17, 15) is 14.0 Å². The summed E-state index contributed by atoms with van der Waals surface area (Å²) in [4.78, 5) is 25.0. The molecule has 0 N–H and O–H groups in total. The zero-order valence-electron chi connectivity index (χ0n) is 9.93. The SMILES string of the molecule is C=CC[C@]1(F)CCN(C(=O)c2ccccc2)C1=O. The van der Waals surface area contributed by atoms with Gasteiger partial charge < -0.3 is 0 Å². The summed E-state index contributed by atoms with van der Waals surface area (Å²) < 4.78 is 14.2. The van der Waals surface area contributed by atoms with Crippen LogP contribution in [0, 0.1) is 0 Å². The standard InChI is InChI=1S/C14H14FNO2/c1-2-8-14(15)9-10-16(13(14)18)12(17)11-6-4-3-5-7-11/h2-7H,1,8-10H2/t14-/m0/s1. The summed E-state index contributed by atoms with van der Waals surface area (Å²) in [7, 11) is 0. The molecule has 1 aliphatic heterocycles. The maximum atomic E-state index is 14.2. The Morgan fingerprint density at radius 1 is 1.44 bits per heavy atom. The second-order valence-electron chi connectivity index (χ2n) is 4.34. The van der Waals surface area contributed by atoms with Crippen molar-refractivity contribution in [2.45, 2.75) is 18.5 Å². The van der Waals surface area contributed by atoms with Gasteiger partial charge in [-0.25, -0.2) is 4.39 Å². The van der Waals surface area contributed by atoms with Gasteiger partial charge in [0.25, 0.3) is 11.8 Å². The Balaban J connectivity index is 2.20. The lowest BCUT2D eigenvalue weighted by molar-refractivity contribution is -0.135. The van der Waals surface area contributed by atoms with Gasteiger partial charge in [-0.15, -0.1) is 6.58 Å². The lowest BCUT2D eigenvalue weighted by atomic mass is 10.0. The van der Waals surface area contributed by atoms with Crippen LogP contribution >= 0.6 is 0 Å². The van der Waals surface area contributed by atoms with E-state index in [4.69, 9.17) is 0 Å². The topological polar surface area (TPSA) is 37.4 Å². The van der Waals surface area contributed by atoms with Gasteiger partial charge in [0.1, 0.15) is 0 Å². The van der Waals surface area contributed by atoms with Gasteiger partial charge >= 0.3 is 0 Å². The zero-order valence-corrected chi connectivity index (χ0v) is 9.93. The Labute approximate surface area is 105 Å². The molecule has 3 nitrogen and oxygen atoms in total. The molecular formula is C14H14FNO2. The van der Waals surface area contributed by atoms with Crippen molar-refractivity contribution in [1.29, 1.82) is 0 Å². The van der Waals surface area contributed by atoms with E-state index >= 15 is 0 Å². The molecule has 0 bridgehead atoms. The molecular weight excluding hydrogens is 233 g/mol. The van der Waals surface area contributed by atoms with Crippen molar-refractivity contribution in [1.82, 2.24) is 4.90 Å². The van der Waals surface area contributed by atoms with Gasteiger partial charge in [-0.3, -0.25) is 14.5 Å². The van der Waals surface area contributed by atoms with Crippen LogP contribution in [0.5, 0.6) is 0 Å². The van der Waals surface area contributed by atoms with E-state index in [1.165, 1.54) is 6.08 Å². The number of rotatable bonds is 3. The number of likely N-dealkylation sites (tertiary alicyclic amines) is 1. The van der Waals surface area contributed by atoms with Crippen LogP contribution < -0.4 is 0 Å². The maximum Gasteiger partial charge on any atom is 0.267 e. The Morgan fingerprint density at radius 3 is 2.72 bits per heavy atom. The largest absolute Gasteiger partial charge is 0.276 e. The smallest absolute Gasteiger partial charge is 0.267 e. The number of hydrogen-bond donors (Lipinski definition) is 0. The molecule has 18 heavy (non-hydrogen) atoms. The van der Waals surface area contributed by atoms with E-state index in [2.05, 4.69) is 6.58 Å². The van der Waals surface area contributed by atoms with E-state index in [0.29, 0.717) is 5.56 Å². The van der Waals surface area contributed by atoms with E-state index in [0.717, 1.165) is 4.90 Å². The van der Waals surface area contributed by atoms with Crippen LogP contribution in [-0.2, 0) is 4.79 Å². The van der Waals surface area contributed by atoms with Gasteiger partial charge in [0.05, 0.1) is 0 Å². The second-order valence-corrected chi connectivity index (χ2v) is 4.34. The summed E-state index contributed by atoms with van der Waals surface area (Å²) in [6.07, 6.45) is 1.36. The summed E-state index contributed by atoms with van der Waals surface area (Å²) >= 11 is 0. The molecule has 94 valence electrons. The molecule has 2 amide bonds. The third kappa shape index (κ3) is 2.06. The van der Waals surface area contributed by atoms with Crippen LogP contribution in [-0.4, -0.2) is 28.9 Å². The van der Waals surface area contributed by atoms with Crippen molar-refractivity contribution >= 4 is 11.8 Å². The van der Waals surface area contributed by atoms with E-state index in [1.54, 1.807) is 30.3 Å². The van der Waals surface area contributed by atoms with Gasteiger partial charge in [-0.2, -0.15) is 0 Å². The molecule has 0 aromatic heterocycles. The van der Waals surface area contributed by atoms with E-state index in [-0.39, 0.29) is 19.4 Å². The lowest BCUT2D eigenvalue weighted by Crippen LogP contribution is -2.39. The molecule has 1 aromatic carbocycles. The fourth-order valence-electron chi connectivity index (χ4n) is 2.09. The van der Waals surface area contributed by atoms with Gasteiger partial charge in [0.2, 0.25) is 0 Å². The molecule has 1 aromatic rings. The highest BCUT2D eigenvalue weighted by Crippen LogP contribution is 2.31. The fraction of sp³-hybridized carbons (Fsp3) is 0.286. The Kier molecular flexibility index (Phi) is 3.28. The predicted octanol–water partition coefficient (Wildman–Crippen LogP) is 2.34. The lowest BCUT2D eigenvalue weighted by Gasteiger charge is -2.17.